The van der Waals surface area contributed by atoms with Crippen LogP contribution in [0.2, 0.25) is 0 Å². The molecule has 0 radical (unpaired) electrons. The van der Waals surface area contributed by atoms with E-state index >= 15 is 0 Å². The number of hydrogen-bond acceptors (Lipinski definition) is 3. The average Bonchev–Trinajstić information content (AvgIpc) is 2.62. The van der Waals surface area contributed by atoms with Crippen LogP contribution in [0.4, 0.5) is 0 Å². The summed E-state index contributed by atoms with van der Waals surface area (Å²) in [6.07, 6.45) is 2.83. The topological polar surface area (TPSA) is 36.5 Å². The maximum absolute atomic E-state index is 5.55. The van der Waals surface area contributed by atoms with Gasteiger partial charge in [-0.15, -0.1) is 0 Å². The second-order valence-corrected chi connectivity index (χ2v) is 3.90. The first-order chi connectivity index (χ1) is 6.34. The Bertz CT molecular complexity index is 184. The van der Waals surface area contributed by atoms with E-state index in [0.29, 0.717) is 6.10 Å². The third kappa shape index (κ3) is 2.52. The summed E-state index contributed by atoms with van der Waals surface area (Å²) in [5.74, 6) is 0. The molecule has 0 bridgehead atoms. The summed E-state index contributed by atoms with van der Waals surface area (Å²) in [6.45, 7) is 3.61. The molecule has 2 rings (SSSR count). The van der Waals surface area contributed by atoms with E-state index in [4.69, 9.17) is 17.0 Å². The van der Waals surface area contributed by atoms with Crippen molar-refractivity contribution >= 4 is 17.3 Å². The van der Waals surface area contributed by atoms with E-state index in [-0.39, 0.29) is 0 Å². The molecule has 2 N–H and O–H groups in total. The molecule has 0 aromatic carbocycles. The highest BCUT2D eigenvalue weighted by molar-refractivity contribution is 7.80. The standard InChI is InChI=1S/C8H15N3OS/c13-8-9-5-11(6-10-8)4-7-2-1-3-12-7/h7H,1-6H2,(H2,9,10,13)/t7-/m0/s1. The van der Waals surface area contributed by atoms with Crippen molar-refractivity contribution in [3.05, 3.63) is 0 Å². The van der Waals surface area contributed by atoms with Crippen molar-refractivity contribution in [1.29, 1.82) is 0 Å². The van der Waals surface area contributed by atoms with Crippen molar-refractivity contribution in [1.82, 2.24) is 15.5 Å². The van der Waals surface area contributed by atoms with E-state index in [2.05, 4.69) is 15.5 Å². The Balaban J connectivity index is 1.72. The van der Waals surface area contributed by atoms with Gasteiger partial charge in [-0.05, 0) is 25.1 Å². The van der Waals surface area contributed by atoms with Crippen molar-refractivity contribution < 1.29 is 4.74 Å². The van der Waals surface area contributed by atoms with Crippen LogP contribution >= 0.6 is 12.2 Å². The van der Waals surface area contributed by atoms with Gasteiger partial charge in [-0.25, -0.2) is 0 Å². The van der Waals surface area contributed by atoms with E-state index in [1.807, 2.05) is 0 Å². The van der Waals surface area contributed by atoms with Crippen LogP contribution in [0.5, 0.6) is 0 Å². The lowest BCUT2D eigenvalue weighted by atomic mass is 10.2. The number of thiocarbonyl (C=S) groups is 1. The molecule has 0 amide bonds. The zero-order valence-corrected chi connectivity index (χ0v) is 8.40. The molecular weight excluding hydrogens is 186 g/mol. The fourth-order valence-electron chi connectivity index (χ4n) is 1.69. The summed E-state index contributed by atoms with van der Waals surface area (Å²) in [5, 5.41) is 6.95. The Morgan fingerprint density at radius 1 is 1.46 bits per heavy atom. The fourth-order valence-corrected chi connectivity index (χ4v) is 1.82. The Morgan fingerprint density at radius 3 is 2.85 bits per heavy atom. The van der Waals surface area contributed by atoms with Gasteiger partial charge >= 0.3 is 0 Å². The molecule has 2 fully saturated rings. The van der Waals surface area contributed by atoms with Gasteiger partial charge < -0.3 is 15.4 Å². The van der Waals surface area contributed by atoms with Gasteiger partial charge in [0.1, 0.15) is 0 Å². The zero-order valence-electron chi connectivity index (χ0n) is 7.58. The molecule has 4 nitrogen and oxygen atoms in total. The third-order valence-electron chi connectivity index (χ3n) is 2.41. The van der Waals surface area contributed by atoms with E-state index in [1.54, 1.807) is 0 Å². The molecule has 2 heterocycles. The molecule has 5 heteroatoms. The van der Waals surface area contributed by atoms with Gasteiger partial charge in [-0.1, -0.05) is 0 Å². The van der Waals surface area contributed by atoms with Crippen LogP contribution in [-0.4, -0.2) is 42.6 Å². The first-order valence-corrected chi connectivity index (χ1v) is 5.11. The summed E-state index contributed by atoms with van der Waals surface area (Å²) in [5.41, 5.74) is 0. The van der Waals surface area contributed by atoms with Crippen LogP contribution in [0.1, 0.15) is 12.8 Å². The zero-order chi connectivity index (χ0) is 9.10. The lowest BCUT2D eigenvalue weighted by Crippen LogP contribution is -2.55. The molecular formula is C8H15N3OS. The van der Waals surface area contributed by atoms with Gasteiger partial charge in [0.05, 0.1) is 19.4 Å². The molecule has 74 valence electrons. The number of ether oxygens (including phenoxy) is 1. The smallest absolute Gasteiger partial charge is 0.168 e. The average molecular weight is 201 g/mol. The number of rotatable bonds is 2. The summed E-state index contributed by atoms with van der Waals surface area (Å²) in [6, 6.07) is 0. The third-order valence-corrected chi connectivity index (χ3v) is 2.70. The monoisotopic (exact) mass is 201 g/mol. The predicted octanol–water partition coefficient (Wildman–Crippen LogP) is -0.140. The highest BCUT2D eigenvalue weighted by Gasteiger charge is 2.20. The minimum Gasteiger partial charge on any atom is -0.377 e. The quantitative estimate of drug-likeness (QED) is 0.608. The lowest BCUT2D eigenvalue weighted by Gasteiger charge is -2.30. The molecule has 0 aliphatic carbocycles. The number of nitrogens with one attached hydrogen (secondary N) is 2. The van der Waals surface area contributed by atoms with Gasteiger partial charge in [-0.2, -0.15) is 0 Å². The Hall–Kier alpha value is -0.390. The minimum atomic E-state index is 0.426. The number of nitrogens with zero attached hydrogens (tertiary/aromatic N) is 1. The number of hydrogen-bond donors (Lipinski definition) is 2. The summed E-state index contributed by atoms with van der Waals surface area (Å²) in [7, 11) is 0. The molecule has 1 atom stereocenters. The van der Waals surface area contributed by atoms with Crippen molar-refractivity contribution in [2.45, 2.75) is 18.9 Å². The van der Waals surface area contributed by atoms with E-state index in [1.165, 1.54) is 12.8 Å². The van der Waals surface area contributed by atoms with Crippen LogP contribution in [0.25, 0.3) is 0 Å². The molecule has 2 aliphatic rings. The van der Waals surface area contributed by atoms with Crippen LogP contribution < -0.4 is 10.6 Å². The summed E-state index contributed by atoms with van der Waals surface area (Å²) < 4.78 is 5.55. The van der Waals surface area contributed by atoms with E-state index < -0.39 is 0 Å². The first-order valence-electron chi connectivity index (χ1n) is 4.70. The van der Waals surface area contributed by atoms with Crippen LogP contribution in [0.3, 0.4) is 0 Å². The minimum absolute atomic E-state index is 0.426. The predicted molar refractivity (Wildman–Crippen MR) is 54.3 cm³/mol. The molecule has 0 spiro atoms. The maximum Gasteiger partial charge on any atom is 0.168 e. The Morgan fingerprint density at radius 2 is 2.23 bits per heavy atom. The fraction of sp³-hybridized carbons (Fsp3) is 0.875. The van der Waals surface area contributed by atoms with Gasteiger partial charge in [0, 0.05) is 13.2 Å². The van der Waals surface area contributed by atoms with Crippen molar-refractivity contribution in [3.63, 3.8) is 0 Å². The largest absolute Gasteiger partial charge is 0.377 e. The van der Waals surface area contributed by atoms with Gasteiger partial charge in [-0.3, -0.25) is 4.90 Å². The SMILES string of the molecule is S=C1NCN(C[C@@H]2CCCO2)CN1. The highest BCUT2D eigenvalue weighted by Crippen LogP contribution is 2.12. The van der Waals surface area contributed by atoms with E-state index in [0.717, 1.165) is 31.6 Å². The van der Waals surface area contributed by atoms with Crippen LogP contribution in [0.15, 0.2) is 0 Å². The molecule has 2 saturated heterocycles. The maximum atomic E-state index is 5.55. The summed E-state index contributed by atoms with van der Waals surface area (Å²) in [4.78, 5) is 2.27. The Labute approximate surface area is 83.6 Å². The second kappa shape index (κ2) is 4.21. The first kappa shape index (κ1) is 9.18. The lowest BCUT2D eigenvalue weighted by molar-refractivity contribution is 0.0683. The Kier molecular flexibility index (Phi) is 2.97. The van der Waals surface area contributed by atoms with Crippen LogP contribution in [-0.2, 0) is 4.74 Å². The van der Waals surface area contributed by atoms with Gasteiger partial charge in [0.25, 0.3) is 0 Å². The van der Waals surface area contributed by atoms with Gasteiger partial charge in [0.15, 0.2) is 5.11 Å². The molecule has 0 saturated carbocycles. The molecule has 13 heavy (non-hydrogen) atoms. The van der Waals surface area contributed by atoms with E-state index in [9.17, 15) is 0 Å². The second-order valence-electron chi connectivity index (χ2n) is 3.49. The molecule has 0 aromatic rings. The van der Waals surface area contributed by atoms with Crippen molar-refractivity contribution in [3.8, 4) is 0 Å². The highest BCUT2D eigenvalue weighted by atomic mass is 32.1. The normalized spacial score (nSPS) is 29.8. The molecule has 0 aromatic heterocycles. The van der Waals surface area contributed by atoms with Gasteiger partial charge in [0.2, 0.25) is 0 Å². The molecule has 0 unspecified atom stereocenters. The van der Waals surface area contributed by atoms with Crippen molar-refractivity contribution in [2.24, 2.45) is 0 Å². The molecule has 2 aliphatic heterocycles. The van der Waals surface area contributed by atoms with Crippen LogP contribution in [0, 0.1) is 0 Å². The summed E-state index contributed by atoms with van der Waals surface area (Å²) >= 11 is 4.96. The van der Waals surface area contributed by atoms with Crippen molar-refractivity contribution in [2.75, 3.05) is 26.5 Å².